The quantitative estimate of drug-likeness (QED) is 0.353. The smallest absolute Gasteiger partial charge is 0.254 e. The second-order valence-electron chi connectivity index (χ2n) is 7.61. The third-order valence-corrected chi connectivity index (χ3v) is 7.56. The van der Waals surface area contributed by atoms with Crippen LogP contribution in [-0.4, -0.2) is 57.6 Å². The number of aromatic nitrogens is 4. The summed E-state index contributed by atoms with van der Waals surface area (Å²) in [4.78, 5) is 31.0. The molecule has 1 aliphatic rings. The number of aryl methyl sites for hydroxylation is 1. The Morgan fingerprint density at radius 3 is 2.91 bits per heavy atom. The number of amides is 2. The molecule has 2 N–H and O–H groups in total. The van der Waals surface area contributed by atoms with Crippen LogP contribution in [0.3, 0.4) is 0 Å². The molecule has 4 rings (SSSR count). The number of nitrogens with zero attached hydrogens (tertiary/aromatic N) is 4. The molecule has 3 aromatic rings. The number of pyridine rings is 1. The van der Waals surface area contributed by atoms with Crippen LogP contribution >= 0.6 is 23.1 Å². The molecular weight excluding hydrogens is 460 g/mol. The molecule has 9 nitrogen and oxygen atoms in total. The molecule has 0 saturated carbocycles. The van der Waals surface area contributed by atoms with E-state index in [0.29, 0.717) is 34.7 Å². The van der Waals surface area contributed by atoms with E-state index < -0.39 is 0 Å². The van der Waals surface area contributed by atoms with Crippen LogP contribution in [0.4, 0.5) is 5.00 Å². The number of nitrogens with one attached hydrogen (secondary N) is 2. The highest BCUT2D eigenvalue weighted by atomic mass is 32.2. The molecular formula is C22H26N6O3S2. The van der Waals surface area contributed by atoms with Gasteiger partial charge in [-0.3, -0.25) is 14.6 Å². The van der Waals surface area contributed by atoms with Crippen molar-refractivity contribution in [3.63, 3.8) is 0 Å². The lowest BCUT2D eigenvalue weighted by Crippen LogP contribution is -2.29. The standard InChI is InChI=1S/C22H26N6O3S2/c1-28-19(14-6-5-9-23-12-14)26-27-22(28)32-13-17(29)25-21-18(20(30)24-10-11-31-2)15-7-3-4-8-16(15)33-21/h5-6,9,12H,3-4,7-8,10-11,13H2,1-2H3,(H,24,30)(H,25,29). The van der Waals surface area contributed by atoms with Gasteiger partial charge in [-0.15, -0.1) is 21.5 Å². The molecule has 0 spiro atoms. The molecule has 3 aromatic heterocycles. The normalized spacial score (nSPS) is 12.9. The molecule has 0 bridgehead atoms. The lowest BCUT2D eigenvalue weighted by atomic mass is 9.95. The SMILES string of the molecule is COCCNC(=O)c1c(NC(=O)CSc2nnc(-c3cccnc3)n2C)sc2c1CCCC2. The fraction of sp³-hybridized carbons (Fsp3) is 0.409. The summed E-state index contributed by atoms with van der Waals surface area (Å²) in [6.07, 6.45) is 7.39. The van der Waals surface area contributed by atoms with Gasteiger partial charge in [-0.05, 0) is 43.4 Å². The van der Waals surface area contributed by atoms with Crippen LogP contribution in [0.15, 0.2) is 29.7 Å². The van der Waals surface area contributed by atoms with E-state index in [9.17, 15) is 9.59 Å². The maximum absolute atomic E-state index is 12.9. The zero-order chi connectivity index (χ0) is 23.2. The monoisotopic (exact) mass is 486 g/mol. The lowest BCUT2D eigenvalue weighted by Gasteiger charge is -2.13. The number of thiophene rings is 1. The Kier molecular flexibility index (Phi) is 7.73. The summed E-state index contributed by atoms with van der Waals surface area (Å²) >= 11 is 2.81. The highest BCUT2D eigenvalue weighted by molar-refractivity contribution is 7.99. The van der Waals surface area contributed by atoms with Crippen LogP contribution in [0, 0.1) is 0 Å². The number of rotatable bonds is 9. The molecule has 0 saturated heterocycles. The van der Waals surface area contributed by atoms with E-state index in [2.05, 4.69) is 25.8 Å². The van der Waals surface area contributed by atoms with Gasteiger partial charge in [0.25, 0.3) is 5.91 Å². The first-order valence-corrected chi connectivity index (χ1v) is 12.5. The molecule has 174 valence electrons. The van der Waals surface area contributed by atoms with E-state index in [1.807, 2.05) is 23.7 Å². The van der Waals surface area contributed by atoms with E-state index in [4.69, 9.17) is 4.74 Å². The minimum atomic E-state index is -0.185. The summed E-state index contributed by atoms with van der Waals surface area (Å²) in [5.74, 6) is 0.498. The number of anilines is 1. The minimum absolute atomic E-state index is 0.159. The molecule has 33 heavy (non-hydrogen) atoms. The van der Waals surface area contributed by atoms with Crippen LogP contribution in [0.2, 0.25) is 0 Å². The van der Waals surface area contributed by atoms with Crippen molar-refractivity contribution in [3.05, 3.63) is 40.5 Å². The predicted octanol–water partition coefficient (Wildman–Crippen LogP) is 2.92. The summed E-state index contributed by atoms with van der Waals surface area (Å²) in [6, 6.07) is 3.75. The molecule has 1 aliphatic carbocycles. The molecule has 0 atom stereocenters. The molecule has 3 heterocycles. The van der Waals surface area contributed by atoms with E-state index in [1.165, 1.54) is 28.0 Å². The van der Waals surface area contributed by atoms with E-state index in [-0.39, 0.29) is 17.6 Å². The Bertz CT molecular complexity index is 1130. The Morgan fingerprint density at radius 2 is 2.12 bits per heavy atom. The van der Waals surface area contributed by atoms with Gasteiger partial charge in [0.15, 0.2) is 11.0 Å². The number of fused-ring (bicyclic) bond motifs is 1. The molecule has 0 radical (unpaired) electrons. The first kappa shape index (κ1) is 23.4. The predicted molar refractivity (Wildman–Crippen MR) is 129 cm³/mol. The number of thioether (sulfide) groups is 1. The van der Waals surface area contributed by atoms with Crippen molar-refractivity contribution in [1.29, 1.82) is 0 Å². The van der Waals surface area contributed by atoms with E-state index in [0.717, 1.165) is 36.8 Å². The summed E-state index contributed by atoms with van der Waals surface area (Å²) in [6.45, 7) is 0.865. The Hall–Kier alpha value is -2.76. The second-order valence-corrected chi connectivity index (χ2v) is 9.66. The maximum atomic E-state index is 12.9. The Balaban J connectivity index is 1.44. The molecule has 0 aromatic carbocycles. The van der Waals surface area contributed by atoms with Gasteiger partial charge < -0.3 is 19.9 Å². The Morgan fingerprint density at radius 1 is 1.27 bits per heavy atom. The second kappa shape index (κ2) is 10.9. The topological polar surface area (TPSA) is 111 Å². The highest BCUT2D eigenvalue weighted by Crippen LogP contribution is 2.38. The third-order valence-electron chi connectivity index (χ3n) is 5.33. The van der Waals surface area contributed by atoms with Crippen LogP contribution in [0.1, 0.15) is 33.6 Å². The summed E-state index contributed by atoms with van der Waals surface area (Å²) in [5.41, 5.74) is 2.53. The van der Waals surface area contributed by atoms with Gasteiger partial charge >= 0.3 is 0 Å². The maximum Gasteiger partial charge on any atom is 0.254 e. The first-order chi connectivity index (χ1) is 16.1. The fourth-order valence-electron chi connectivity index (χ4n) is 3.73. The molecule has 2 amide bonds. The van der Waals surface area contributed by atoms with Gasteiger partial charge in [0.2, 0.25) is 5.91 Å². The average Bonchev–Trinajstić information content (AvgIpc) is 3.38. The van der Waals surface area contributed by atoms with Crippen LogP contribution < -0.4 is 10.6 Å². The Labute approximate surface area is 200 Å². The van der Waals surface area contributed by atoms with Crippen molar-refractivity contribution in [2.75, 3.05) is 31.3 Å². The molecule has 0 aliphatic heterocycles. The van der Waals surface area contributed by atoms with Crippen molar-refractivity contribution >= 4 is 39.9 Å². The number of hydrogen-bond acceptors (Lipinski definition) is 8. The van der Waals surface area contributed by atoms with Crippen molar-refractivity contribution in [1.82, 2.24) is 25.1 Å². The van der Waals surface area contributed by atoms with Crippen molar-refractivity contribution in [2.24, 2.45) is 7.05 Å². The highest BCUT2D eigenvalue weighted by Gasteiger charge is 2.26. The lowest BCUT2D eigenvalue weighted by molar-refractivity contribution is -0.113. The van der Waals surface area contributed by atoms with E-state index >= 15 is 0 Å². The zero-order valence-electron chi connectivity index (χ0n) is 18.6. The van der Waals surface area contributed by atoms with Crippen molar-refractivity contribution in [3.8, 4) is 11.4 Å². The van der Waals surface area contributed by atoms with Crippen LogP contribution in [-0.2, 0) is 29.4 Å². The summed E-state index contributed by atoms with van der Waals surface area (Å²) < 4.78 is 6.87. The van der Waals surface area contributed by atoms with Crippen molar-refractivity contribution < 1.29 is 14.3 Å². The number of hydrogen-bond donors (Lipinski definition) is 2. The molecule has 11 heteroatoms. The number of carbonyl (C=O) groups excluding carboxylic acids is 2. The van der Waals surface area contributed by atoms with Gasteiger partial charge in [-0.1, -0.05) is 11.8 Å². The van der Waals surface area contributed by atoms with Crippen molar-refractivity contribution in [2.45, 2.75) is 30.8 Å². The van der Waals surface area contributed by atoms with Gasteiger partial charge in [0.1, 0.15) is 5.00 Å². The van der Waals surface area contributed by atoms with Crippen LogP contribution in [0.5, 0.6) is 0 Å². The third kappa shape index (κ3) is 5.43. The fourth-order valence-corrected chi connectivity index (χ4v) is 5.74. The largest absolute Gasteiger partial charge is 0.383 e. The summed E-state index contributed by atoms with van der Waals surface area (Å²) in [5, 5.41) is 15.5. The van der Waals surface area contributed by atoms with Gasteiger partial charge in [0.05, 0.1) is 17.9 Å². The zero-order valence-corrected chi connectivity index (χ0v) is 20.2. The number of methoxy groups -OCH3 is 1. The van der Waals surface area contributed by atoms with Gasteiger partial charge in [-0.2, -0.15) is 0 Å². The van der Waals surface area contributed by atoms with Gasteiger partial charge in [-0.25, -0.2) is 0 Å². The summed E-state index contributed by atoms with van der Waals surface area (Å²) in [7, 11) is 3.46. The van der Waals surface area contributed by atoms with Gasteiger partial charge in [0, 0.05) is 43.5 Å². The molecule has 0 fully saturated rings. The number of ether oxygens (including phenoxy) is 1. The minimum Gasteiger partial charge on any atom is -0.383 e. The number of carbonyl (C=O) groups is 2. The van der Waals surface area contributed by atoms with E-state index in [1.54, 1.807) is 19.5 Å². The first-order valence-electron chi connectivity index (χ1n) is 10.7. The van der Waals surface area contributed by atoms with Crippen LogP contribution in [0.25, 0.3) is 11.4 Å². The molecule has 0 unspecified atom stereocenters. The average molecular weight is 487 g/mol.